The summed E-state index contributed by atoms with van der Waals surface area (Å²) in [6.45, 7) is 2.49. The van der Waals surface area contributed by atoms with E-state index in [0.29, 0.717) is 11.8 Å². The maximum Gasteiger partial charge on any atom is 0.260 e. The highest BCUT2D eigenvalue weighted by atomic mass is 16.5. The Balaban J connectivity index is 1.83. The largest absolute Gasteiger partial charge is 0.479 e. The van der Waals surface area contributed by atoms with Crippen molar-refractivity contribution in [3.63, 3.8) is 0 Å². The minimum atomic E-state index is -0.493. The third-order valence-corrected chi connectivity index (χ3v) is 3.54. The van der Waals surface area contributed by atoms with Crippen molar-refractivity contribution in [3.05, 3.63) is 24.0 Å². The van der Waals surface area contributed by atoms with Crippen LogP contribution in [0.1, 0.15) is 38.3 Å². The van der Waals surface area contributed by atoms with Gasteiger partial charge < -0.3 is 15.4 Å². The fraction of sp³-hybridized carbons (Fsp3) is 0.600. The van der Waals surface area contributed by atoms with Crippen LogP contribution in [-0.4, -0.2) is 30.1 Å². The summed E-state index contributed by atoms with van der Waals surface area (Å²) in [6, 6.07) is 4.07. The molecular weight excluding hydrogens is 254 g/mol. The molecule has 1 aromatic rings. The van der Waals surface area contributed by atoms with Gasteiger partial charge in [-0.25, -0.2) is 0 Å². The molecular formula is C15H23N3O2. The zero-order valence-electron chi connectivity index (χ0n) is 12.2. The number of carbonyl (C=O) groups is 1. The van der Waals surface area contributed by atoms with E-state index < -0.39 is 6.10 Å². The average molecular weight is 277 g/mol. The van der Waals surface area contributed by atoms with Gasteiger partial charge in [0, 0.05) is 12.6 Å². The zero-order valence-corrected chi connectivity index (χ0v) is 12.2. The fourth-order valence-electron chi connectivity index (χ4n) is 2.41. The summed E-state index contributed by atoms with van der Waals surface area (Å²) in [4.78, 5) is 16.3. The number of amides is 1. The van der Waals surface area contributed by atoms with Crippen molar-refractivity contribution >= 4 is 5.91 Å². The zero-order chi connectivity index (χ0) is 14.4. The van der Waals surface area contributed by atoms with Crippen LogP contribution in [0.3, 0.4) is 0 Å². The molecule has 1 amide bonds. The Morgan fingerprint density at radius 2 is 2.20 bits per heavy atom. The van der Waals surface area contributed by atoms with Crippen LogP contribution in [0.2, 0.25) is 0 Å². The van der Waals surface area contributed by atoms with Gasteiger partial charge in [0.25, 0.3) is 5.91 Å². The first-order chi connectivity index (χ1) is 9.69. The highest BCUT2D eigenvalue weighted by Crippen LogP contribution is 2.18. The molecule has 0 radical (unpaired) electrons. The van der Waals surface area contributed by atoms with Crippen molar-refractivity contribution in [3.8, 4) is 5.75 Å². The van der Waals surface area contributed by atoms with E-state index in [0.717, 1.165) is 25.1 Å². The van der Waals surface area contributed by atoms with Gasteiger partial charge in [0.1, 0.15) is 5.75 Å². The monoisotopic (exact) mass is 277 g/mol. The van der Waals surface area contributed by atoms with E-state index in [1.807, 2.05) is 19.2 Å². The number of nitrogens with one attached hydrogen (secondary N) is 2. The Morgan fingerprint density at radius 1 is 1.45 bits per heavy atom. The maximum atomic E-state index is 12.0. The van der Waals surface area contributed by atoms with E-state index in [-0.39, 0.29) is 5.91 Å². The van der Waals surface area contributed by atoms with E-state index >= 15 is 0 Å². The van der Waals surface area contributed by atoms with Crippen molar-refractivity contribution in [2.24, 2.45) is 0 Å². The third kappa shape index (κ3) is 4.20. The summed E-state index contributed by atoms with van der Waals surface area (Å²) >= 11 is 0. The molecule has 5 nitrogen and oxygen atoms in total. The molecule has 0 bridgehead atoms. The molecule has 0 saturated heterocycles. The Morgan fingerprint density at radius 3 is 2.80 bits per heavy atom. The molecule has 20 heavy (non-hydrogen) atoms. The van der Waals surface area contributed by atoms with Gasteiger partial charge in [-0.1, -0.05) is 12.8 Å². The molecule has 1 atom stereocenters. The Kier molecular flexibility index (Phi) is 5.35. The highest BCUT2D eigenvalue weighted by Gasteiger charge is 2.21. The van der Waals surface area contributed by atoms with Crippen LogP contribution in [0.4, 0.5) is 0 Å². The molecule has 2 rings (SSSR count). The number of hydrogen-bond acceptors (Lipinski definition) is 4. The summed E-state index contributed by atoms with van der Waals surface area (Å²) in [7, 11) is 1.88. The van der Waals surface area contributed by atoms with Crippen molar-refractivity contribution in [1.29, 1.82) is 0 Å². The first-order valence-corrected chi connectivity index (χ1v) is 7.25. The number of aromatic nitrogens is 1. The van der Waals surface area contributed by atoms with E-state index in [2.05, 4.69) is 15.6 Å². The smallest absolute Gasteiger partial charge is 0.260 e. The predicted molar refractivity (Wildman–Crippen MR) is 77.5 cm³/mol. The molecule has 1 heterocycles. The molecule has 1 aromatic heterocycles. The molecule has 1 aliphatic carbocycles. The lowest BCUT2D eigenvalue weighted by atomic mass is 10.2. The lowest BCUT2D eigenvalue weighted by molar-refractivity contribution is -0.127. The van der Waals surface area contributed by atoms with Crippen LogP contribution in [0.15, 0.2) is 18.3 Å². The molecule has 1 saturated carbocycles. The number of rotatable bonds is 6. The van der Waals surface area contributed by atoms with E-state index in [4.69, 9.17) is 4.74 Å². The van der Waals surface area contributed by atoms with E-state index in [9.17, 15) is 4.79 Å². The molecule has 1 unspecified atom stereocenters. The lowest BCUT2D eigenvalue weighted by Crippen LogP contribution is -2.41. The molecule has 0 spiro atoms. The van der Waals surface area contributed by atoms with Gasteiger partial charge in [-0.3, -0.25) is 9.78 Å². The number of carbonyl (C=O) groups excluding carboxylic acids is 1. The molecule has 5 heteroatoms. The first-order valence-electron chi connectivity index (χ1n) is 7.25. The van der Waals surface area contributed by atoms with Gasteiger partial charge in [-0.15, -0.1) is 0 Å². The summed E-state index contributed by atoms with van der Waals surface area (Å²) in [6.07, 6.45) is 5.74. The van der Waals surface area contributed by atoms with E-state index in [1.165, 1.54) is 12.8 Å². The summed E-state index contributed by atoms with van der Waals surface area (Å²) in [5.41, 5.74) is 0.947. The van der Waals surface area contributed by atoms with Gasteiger partial charge in [0.2, 0.25) is 0 Å². The second-order valence-electron chi connectivity index (χ2n) is 5.27. The van der Waals surface area contributed by atoms with E-state index in [1.54, 1.807) is 13.1 Å². The molecule has 0 aromatic carbocycles. The average Bonchev–Trinajstić information content (AvgIpc) is 2.94. The Hall–Kier alpha value is -1.62. The van der Waals surface area contributed by atoms with Gasteiger partial charge in [-0.2, -0.15) is 0 Å². The Labute approximate surface area is 120 Å². The number of ether oxygens (including phenoxy) is 1. The molecule has 0 aliphatic heterocycles. The molecule has 1 fully saturated rings. The molecule has 110 valence electrons. The SMILES string of the molecule is CNCc1ccc(OC(C)C(=O)NC2CCCC2)cn1. The number of hydrogen-bond donors (Lipinski definition) is 2. The second kappa shape index (κ2) is 7.24. The minimum Gasteiger partial charge on any atom is -0.479 e. The third-order valence-electron chi connectivity index (χ3n) is 3.54. The van der Waals surface area contributed by atoms with Crippen molar-refractivity contribution in [2.45, 2.75) is 51.3 Å². The quantitative estimate of drug-likeness (QED) is 0.829. The summed E-state index contributed by atoms with van der Waals surface area (Å²) in [5, 5.41) is 6.07. The predicted octanol–water partition coefficient (Wildman–Crippen LogP) is 1.63. The van der Waals surface area contributed by atoms with Gasteiger partial charge in [-0.05, 0) is 38.9 Å². The summed E-state index contributed by atoms with van der Waals surface area (Å²) < 4.78 is 5.62. The molecule has 2 N–H and O–H groups in total. The molecule has 1 aliphatic rings. The standard InChI is InChI=1S/C15H23N3O2/c1-11(15(19)18-12-5-3-4-6-12)20-14-8-7-13(9-16-2)17-10-14/h7-8,10-12,16H,3-6,9H2,1-2H3,(H,18,19). The van der Waals surface area contributed by atoms with Crippen LogP contribution in [0.25, 0.3) is 0 Å². The fourth-order valence-corrected chi connectivity index (χ4v) is 2.41. The normalized spacial score (nSPS) is 16.9. The van der Waals surface area contributed by atoms with Crippen LogP contribution in [-0.2, 0) is 11.3 Å². The van der Waals surface area contributed by atoms with Gasteiger partial charge in [0.05, 0.1) is 11.9 Å². The van der Waals surface area contributed by atoms with Crippen LogP contribution >= 0.6 is 0 Å². The number of nitrogens with zero attached hydrogens (tertiary/aromatic N) is 1. The topological polar surface area (TPSA) is 63.2 Å². The Bertz CT molecular complexity index is 427. The lowest BCUT2D eigenvalue weighted by Gasteiger charge is -2.18. The van der Waals surface area contributed by atoms with Crippen LogP contribution in [0.5, 0.6) is 5.75 Å². The second-order valence-corrected chi connectivity index (χ2v) is 5.27. The summed E-state index contributed by atoms with van der Waals surface area (Å²) in [5.74, 6) is 0.579. The van der Waals surface area contributed by atoms with Crippen LogP contribution < -0.4 is 15.4 Å². The van der Waals surface area contributed by atoms with Crippen molar-refractivity contribution < 1.29 is 9.53 Å². The highest BCUT2D eigenvalue weighted by molar-refractivity contribution is 5.81. The first kappa shape index (κ1) is 14.8. The van der Waals surface area contributed by atoms with Gasteiger partial charge >= 0.3 is 0 Å². The van der Waals surface area contributed by atoms with Gasteiger partial charge in [0.15, 0.2) is 6.10 Å². The maximum absolute atomic E-state index is 12.0. The van der Waals surface area contributed by atoms with Crippen molar-refractivity contribution in [1.82, 2.24) is 15.6 Å². The van der Waals surface area contributed by atoms with Crippen LogP contribution in [0, 0.1) is 0 Å². The minimum absolute atomic E-state index is 0.0452. The number of pyridine rings is 1. The van der Waals surface area contributed by atoms with Crippen molar-refractivity contribution in [2.75, 3.05) is 7.05 Å².